The minimum absolute atomic E-state index is 0.0522. The van der Waals surface area contributed by atoms with Crippen LogP contribution in [0.4, 0.5) is 0 Å². The Kier molecular flexibility index (Phi) is 7.77. The molecule has 2 aromatic carbocycles. The van der Waals surface area contributed by atoms with Crippen LogP contribution in [0, 0.1) is 0 Å². The average Bonchev–Trinajstić information content (AvgIpc) is 3.26. The minimum atomic E-state index is -0.289. The molecule has 2 amide bonds. The highest BCUT2D eigenvalue weighted by atomic mass is 79.9. The smallest absolute Gasteiger partial charge is 0.271 e. The second-order valence-electron chi connectivity index (χ2n) is 6.50. The molecule has 0 radical (unpaired) electrons. The van der Waals surface area contributed by atoms with Gasteiger partial charge in [0.05, 0.1) is 12.3 Å². The van der Waals surface area contributed by atoms with Crippen LogP contribution >= 0.6 is 15.9 Å². The molecular weight excluding hydrogens is 438 g/mol. The molecule has 2 aromatic rings. The fraction of sp³-hybridized carbons (Fsp3) is 0.286. The Labute approximate surface area is 177 Å². The van der Waals surface area contributed by atoms with Gasteiger partial charge in [-0.2, -0.15) is 5.10 Å². The van der Waals surface area contributed by atoms with Gasteiger partial charge in [-0.05, 0) is 66.9 Å². The van der Waals surface area contributed by atoms with E-state index in [1.807, 2.05) is 0 Å². The molecule has 1 atom stereocenters. The Bertz CT molecular complexity index is 847. The molecule has 1 aliphatic heterocycles. The molecule has 1 unspecified atom stereocenters. The van der Waals surface area contributed by atoms with Crippen LogP contribution in [-0.4, -0.2) is 43.9 Å². The van der Waals surface area contributed by atoms with Crippen molar-refractivity contribution in [1.29, 1.82) is 0 Å². The molecular formula is C21H22BrN3O4. The summed E-state index contributed by atoms with van der Waals surface area (Å²) in [5, 5.41) is 6.76. The molecule has 7 nitrogen and oxygen atoms in total. The molecule has 0 bridgehead atoms. The topological polar surface area (TPSA) is 89.0 Å². The van der Waals surface area contributed by atoms with Crippen molar-refractivity contribution in [2.45, 2.75) is 18.9 Å². The van der Waals surface area contributed by atoms with Crippen LogP contribution in [0.15, 0.2) is 58.1 Å². The number of nitrogens with one attached hydrogen (secondary N) is 2. The zero-order valence-electron chi connectivity index (χ0n) is 15.8. The van der Waals surface area contributed by atoms with Gasteiger partial charge in [0, 0.05) is 23.2 Å². The van der Waals surface area contributed by atoms with Gasteiger partial charge < -0.3 is 14.8 Å². The first kappa shape index (κ1) is 21.0. The summed E-state index contributed by atoms with van der Waals surface area (Å²) in [5.41, 5.74) is 3.79. The number of amides is 2. The largest absolute Gasteiger partial charge is 0.484 e. The second kappa shape index (κ2) is 10.7. The van der Waals surface area contributed by atoms with Crippen molar-refractivity contribution in [2.24, 2.45) is 5.10 Å². The van der Waals surface area contributed by atoms with Crippen LogP contribution < -0.4 is 15.5 Å². The summed E-state index contributed by atoms with van der Waals surface area (Å²) in [6, 6.07) is 14.1. The van der Waals surface area contributed by atoms with Crippen LogP contribution in [0.3, 0.4) is 0 Å². The van der Waals surface area contributed by atoms with Crippen LogP contribution in [0.2, 0.25) is 0 Å². The first-order chi connectivity index (χ1) is 14.1. The number of ether oxygens (including phenoxy) is 2. The maximum atomic E-state index is 12.0. The summed E-state index contributed by atoms with van der Waals surface area (Å²) in [7, 11) is 0. The van der Waals surface area contributed by atoms with E-state index >= 15 is 0 Å². The van der Waals surface area contributed by atoms with Gasteiger partial charge in [-0.1, -0.05) is 15.9 Å². The van der Waals surface area contributed by atoms with E-state index in [0.29, 0.717) is 17.9 Å². The first-order valence-electron chi connectivity index (χ1n) is 9.30. The number of rotatable bonds is 8. The van der Waals surface area contributed by atoms with Crippen molar-refractivity contribution in [1.82, 2.24) is 10.7 Å². The van der Waals surface area contributed by atoms with Gasteiger partial charge in [0.15, 0.2) is 6.61 Å². The number of benzene rings is 2. The Balaban J connectivity index is 1.39. The summed E-state index contributed by atoms with van der Waals surface area (Å²) in [6.45, 7) is 1.23. The fourth-order valence-electron chi connectivity index (χ4n) is 2.71. The molecule has 0 spiro atoms. The van der Waals surface area contributed by atoms with Gasteiger partial charge >= 0.3 is 0 Å². The molecule has 29 heavy (non-hydrogen) atoms. The standard InChI is InChI=1S/C21H22BrN3O4/c22-17-7-5-16(6-8-17)21(27)25-24-12-15-3-9-18(10-4-15)29-14-20(26)23-13-19-2-1-11-28-19/h3-10,12,19H,1-2,11,13-14H2,(H,23,26)(H,25,27)/b24-12+. The SMILES string of the molecule is O=C(COc1ccc(/C=N/NC(=O)c2ccc(Br)cc2)cc1)NCC1CCCO1. The van der Waals surface area contributed by atoms with Gasteiger partial charge in [-0.3, -0.25) is 9.59 Å². The summed E-state index contributed by atoms with van der Waals surface area (Å²) in [6.07, 6.45) is 3.67. The van der Waals surface area contributed by atoms with E-state index in [0.717, 1.165) is 29.5 Å². The van der Waals surface area contributed by atoms with E-state index in [4.69, 9.17) is 9.47 Å². The molecule has 1 aliphatic rings. The molecule has 2 N–H and O–H groups in total. The molecule has 1 fully saturated rings. The van der Waals surface area contributed by atoms with Crippen molar-refractivity contribution in [3.8, 4) is 5.75 Å². The van der Waals surface area contributed by atoms with E-state index in [1.54, 1.807) is 48.5 Å². The third kappa shape index (κ3) is 6.99. The number of hydrazone groups is 1. The van der Waals surface area contributed by atoms with E-state index in [2.05, 4.69) is 31.8 Å². The lowest BCUT2D eigenvalue weighted by atomic mass is 10.2. The normalized spacial score (nSPS) is 16.0. The van der Waals surface area contributed by atoms with E-state index in [9.17, 15) is 9.59 Å². The quantitative estimate of drug-likeness (QED) is 0.469. The minimum Gasteiger partial charge on any atom is -0.484 e. The Hall–Kier alpha value is -2.71. The average molecular weight is 460 g/mol. The summed E-state index contributed by atoms with van der Waals surface area (Å²) in [4.78, 5) is 23.8. The van der Waals surface area contributed by atoms with Crippen molar-refractivity contribution in [3.05, 3.63) is 64.1 Å². The van der Waals surface area contributed by atoms with Crippen molar-refractivity contribution < 1.29 is 19.1 Å². The summed E-state index contributed by atoms with van der Waals surface area (Å²) >= 11 is 3.33. The van der Waals surface area contributed by atoms with Crippen molar-refractivity contribution in [3.63, 3.8) is 0 Å². The summed E-state index contributed by atoms with van der Waals surface area (Å²) < 4.78 is 11.8. The molecule has 0 saturated carbocycles. The van der Waals surface area contributed by atoms with Gasteiger partial charge in [0.25, 0.3) is 11.8 Å². The number of carbonyl (C=O) groups is 2. The third-order valence-corrected chi connectivity index (χ3v) is 4.82. The monoisotopic (exact) mass is 459 g/mol. The van der Waals surface area contributed by atoms with Crippen molar-refractivity contribution >= 4 is 34.0 Å². The van der Waals surface area contributed by atoms with E-state index in [-0.39, 0.29) is 24.5 Å². The number of hydrogen-bond acceptors (Lipinski definition) is 5. The van der Waals surface area contributed by atoms with Gasteiger partial charge in [0.1, 0.15) is 5.75 Å². The van der Waals surface area contributed by atoms with Crippen LogP contribution in [0.5, 0.6) is 5.75 Å². The summed E-state index contributed by atoms with van der Waals surface area (Å²) in [5.74, 6) is 0.109. The second-order valence-corrected chi connectivity index (χ2v) is 7.42. The Morgan fingerprint density at radius 1 is 1.17 bits per heavy atom. The Morgan fingerprint density at radius 2 is 1.93 bits per heavy atom. The Morgan fingerprint density at radius 3 is 2.62 bits per heavy atom. The molecule has 0 aromatic heterocycles. The molecule has 152 valence electrons. The highest BCUT2D eigenvalue weighted by molar-refractivity contribution is 9.10. The molecule has 1 saturated heterocycles. The van der Waals surface area contributed by atoms with E-state index in [1.165, 1.54) is 6.21 Å². The predicted molar refractivity (Wildman–Crippen MR) is 113 cm³/mol. The first-order valence-corrected chi connectivity index (χ1v) is 10.1. The van der Waals surface area contributed by atoms with Gasteiger partial charge in [0.2, 0.25) is 0 Å². The zero-order chi connectivity index (χ0) is 20.5. The number of halogens is 1. The molecule has 3 rings (SSSR count). The lowest BCUT2D eigenvalue weighted by molar-refractivity contribution is -0.123. The molecule has 0 aliphatic carbocycles. The van der Waals surface area contributed by atoms with Crippen LogP contribution in [0.1, 0.15) is 28.8 Å². The third-order valence-electron chi connectivity index (χ3n) is 4.29. The lowest BCUT2D eigenvalue weighted by Gasteiger charge is -2.11. The highest BCUT2D eigenvalue weighted by Gasteiger charge is 2.16. The van der Waals surface area contributed by atoms with Gasteiger partial charge in [-0.25, -0.2) is 5.43 Å². The number of nitrogens with zero attached hydrogens (tertiary/aromatic N) is 1. The van der Waals surface area contributed by atoms with E-state index < -0.39 is 0 Å². The van der Waals surface area contributed by atoms with Crippen LogP contribution in [-0.2, 0) is 9.53 Å². The van der Waals surface area contributed by atoms with Crippen molar-refractivity contribution in [2.75, 3.05) is 19.8 Å². The van der Waals surface area contributed by atoms with Crippen LogP contribution in [0.25, 0.3) is 0 Å². The van der Waals surface area contributed by atoms with Gasteiger partial charge in [-0.15, -0.1) is 0 Å². The highest BCUT2D eigenvalue weighted by Crippen LogP contribution is 2.12. The maximum absolute atomic E-state index is 12.0. The maximum Gasteiger partial charge on any atom is 0.271 e. The lowest BCUT2D eigenvalue weighted by Crippen LogP contribution is -2.35. The molecule has 1 heterocycles. The molecule has 8 heteroatoms. The fourth-order valence-corrected chi connectivity index (χ4v) is 2.98. The zero-order valence-corrected chi connectivity index (χ0v) is 17.4. The predicted octanol–water partition coefficient (Wildman–Crippen LogP) is 2.89. The number of hydrogen-bond donors (Lipinski definition) is 2. The number of carbonyl (C=O) groups excluding carboxylic acids is 2.